The summed E-state index contributed by atoms with van der Waals surface area (Å²) >= 11 is 6.21. The third kappa shape index (κ3) is 3.37. The van der Waals surface area contributed by atoms with Crippen molar-refractivity contribution in [3.05, 3.63) is 51.8 Å². The minimum Gasteiger partial charge on any atom is -0.381 e. The van der Waals surface area contributed by atoms with Crippen molar-refractivity contribution in [1.82, 2.24) is 20.8 Å². The molecule has 26 heavy (non-hydrogen) atoms. The van der Waals surface area contributed by atoms with Gasteiger partial charge in [-0.15, -0.1) is 0 Å². The summed E-state index contributed by atoms with van der Waals surface area (Å²) in [6.45, 7) is 3.51. The Hall–Kier alpha value is -1.89. The standard InChI is InChI=1S/C19H23ClN4O2/c20-14-3-1-2-13(10-14)19(5-8-26-9-6-19)12-22-18(25)17-15-11-21-7-4-16(15)23-24-17/h1-3,10,21H,4-9,11-12H2,(H,22,25)(H,23,24). The lowest BCUT2D eigenvalue weighted by atomic mass is 9.74. The van der Waals surface area contributed by atoms with Crippen LogP contribution >= 0.6 is 11.6 Å². The molecule has 1 aromatic heterocycles. The average Bonchev–Trinajstić information content (AvgIpc) is 3.11. The average molecular weight is 375 g/mol. The number of carbonyl (C=O) groups excluding carboxylic acids is 1. The molecule has 1 fully saturated rings. The molecule has 2 aromatic rings. The summed E-state index contributed by atoms with van der Waals surface area (Å²) in [4.78, 5) is 12.8. The van der Waals surface area contributed by atoms with Crippen LogP contribution in [0.15, 0.2) is 24.3 Å². The maximum atomic E-state index is 12.8. The maximum absolute atomic E-state index is 12.8. The minimum absolute atomic E-state index is 0.126. The number of aromatic nitrogens is 2. The van der Waals surface area contributed by atoms with Gasteiger partial charge < -0.3 is 15.4 Å². The number of nitrogens with one attached hydrogen (secondary N) is 3. The van der Waals surface area contributed by atoms with E-state index < -0.39 is 0 Å². The van der Waals surface area contributed by atoms with Crippen molar-refractivity contribution < 1.29 is 9.53 Å². The van der Waals surface area contributed by atoms with Crippen LogP contribution in [0.1, 0.15) is 40.2 Å². The second-order valence-corrected chi connectivity index (χ2v) is 7.48. The van der Waals surface area contributed by atoms with Gasteiger partial charge in [0.15, 0.2) is 5.69 Å². The van der Waals surface area contributed by atoms with Crippen molar-refractivity contribution in [3.63, 3.8) is 0 Å². The number of aromatic amines is 1. The fourth-order valence-electron chi connectivity index (χ4n) is 3.89. The first-order valence-corrected chi connectivity index (χ1v) is 9.45. The molecule has 138 valence electrons. The Kier molecular flexibility index (Phi) is 4.98. The molecule has 0 bridgehead atoms. The number of benzene rings is 1. The summed E-state index contributed by atoms with van der Waals surface area (Å²) in [7, 11) is 0. The second-order valence-electron chi connectivity index (χ2n) is 7.04. The van der Waals surface area contributed by atoms with Gasteiger partial charge >= 0.3 is 0 Å². The lowest BCUT2D eigenvalue weighted by Crippen LogP contribution is -2.45. The predicted octanol–water partition coefficient (Wildman–Crippen LogP) is 2.19. The van der Waals surface area contributed by atoms with Crippen molar-refractivity contribution >= 4 is 17.5 Å². The molecule has 3 heterocycles. The molecule has 2 aliphatic rings. The molecule has 1 saturated heterocycles. The second kappa shape index (κ2) is 7.39. The van der Waals surface area contributed by atoms with E-state index in [9.17, 15) is 4.79 Å². The highest BCUT2D eigenvalue weighted by Crippen LogP contribution is 2.35. The minimum atomic E-state index is -0.159. The van der Waals surface area contributed by atoms with E-state index >= 15 is 0 Å². The van der Waals surface area contributed by atoms with Crippen LogP contribution in [0.2, 0.25) is 5.02 Å². The number of hydrogen-bond acceptors (Lipinski definition) is 4. The molecule has 0 saturated carbocycles. The summed E-state index contributed by atoms with van der Waals surface area (Å²) in [5.41, 5.74) is 3.54. The van der Waals surface area contributed by atoms with Gasteiger partial charge in [-0.25, -0.2) is 0 Å². The molecular formula is C19H23ClN4O2. The summed E-state index contributed by atoms with van der Waals surface area (Å²) in [5.74, 6) is -0.126. The number of halogens is 1. The topological polar surface area (TPSA) is 79.0 Å². The van der Waals surface area contributed by atoms with Gasteiger partial charge in [-0.2, -0.15) is 5.10 Å². The summed E-state index contributed by atoms with van der Waals surface area (Å²) < 4.78 is 5.56. The van der Waals surface area contributed by atoms with Gasteiger partial charge in [-0.05, 0) is 30.5 Å². The molecule has 7 heteroatoms. The zero-order valence-electron chi connectivity index (χ0n) is 14.6. The maximum Gasteiger partial charge on any atom is 0.272 e. The first-order chi connectivity index (χ1) is 12.7. The number of fused-ring (bicyclic) bond motifs is 1. The molecule has 6 nitrogen and oxygen atoms in total. The van der Waals surface area contributed by atoms with Gasteiger partial charge in [0, 0.05) is 61.0 Å². The Bertz CT molecular complexity index is 799. The van der Waals surface area contributed by atoms with E-state index in [1.807, 2.05) is 18.2 Å². The van der Waals surface area contributed by atoms with Crippen LogP contribution in [0.4, 0.5) is 0 Å². The van der Waals surface area contributed by atoms with Crippen LogP contribution in [0.5, 0.6) is 0 Å². The molecule has 0 radical (unpaired) electrons. The van der Waals surface area contributed by atoms with Crippen LogP contribution in [0.3, 0.4) is 0 Å². The van der Waals surface area contributed by atoms with Gasteiger partial charge in [-0.3, -0.25) is 9.89 Å². The molecule has 0 spiro atoms. The Morgan fingerprint density at radius 2 is 2.19 bits per heavy atom. The molecule has 4 rings (SSSR count). The predicted molar refractivity (Wildman–Crippen MR) is 99.5 cm³/mol. The zero-order chi connectivity index (χ0) is 18.0. The SMILES string of the molecule is O=C(NCC1(c2cccc(Cl)c2)CCOCC1)c1n[nH]c2c1CNCC2. The highest BCUT2D eigenvalue weighted by molar-refractivity contribution is 6.30. The zero-order valence-corrected chi connectivity index (χ0v) is 15.4. The first-order valence-electron chi connectivity index (χ1n) is 9.07. The Morgan fingerprint density at radius 3 is 3.00 bits per heavy atom. The first kappa shape index (κ1) is 17.5. The van der Waals surface area contributed by atoms with Crippen LogP contribution < -0.4 is 10.6 Å². The smallest absolute Gasteiger partial charge is 0.272 e. The Labute approximate surface area is 157 Å². The highest BCUT2D eigenvalue weighted by Gasteiger charge is 2.35. The Balaban J connectivity index is 1.53. The quantitative estimate of drug-likeness (QED) is 0.766. The van der Waals surface area contributed by atoms with Gasteiger partial charge in [0.25, 0.3) is 5.91 Å². The van der Waals surface area contributed by atoms with Crippen LogP contribution in [0.25, 0.3) is 0 Å². The summed E-state index contributed by atoms with van der Waals surface area (Å²) in [5, 5.41) is 14.4. The van der Waals surface area contributed by atoms with Crippen LogP contribution in [0, 0.1) is 0 Å². The van der Waals surface area contributed by atoms with Crippen LogP contribution in [-0.2, 0) is 23.1 Å². The molecule has 0 unspecified atom stereocenters. The molecule has 0 atom stereocenters. The van der Waals surface area contributed by atoms with Gasteiger partial charge in [-0.1, -0.05) is 23.7 Å². The fourth-order valence-corrected chi connectivity index (χ4v) is 4.08. The van der Waals surface area contributed by atoms with E-state index in [0.717, 1.165) is 42.6 Å². The van der Waals surface area contributed by atoms with E-state index in [-0.39, 0.29) is 11.3 Å². The lowest BCUT2D eigenvalue weighted by molar-refractivity contribution is 0.0486. The van der Waals surface area contributed by atoms with Crippen molar-refractivity contribution in [2.24, 2.45) is 0 Å². The van der Waals surface area contributed by atoms with E-state index in [2.05, 4.69) is 26.9 Å². The number of carbonyl (C=O) groups is 1. The van der Waals surface area contributed by atoms with E-state index in [1.54, 1.807) is 0 Å². The summed E-state index contributed by atoms with van der Waals surface area (Å²) in [6, 6.07) is 7.93. The monoisotopic (exact) mass is 374 g/mol. The highest BCUT2D eigenvalue weighted by atomic mass is 35.5. The molecule has 0 aliphatic carbocycles. The van der Waals surface area contributed by atoms with E-state index in [0.29, 0.717) is 37.0 Å². The number of rotatable bonds is 4. The van der Waals surface area contributed by atoms with Crippen molar-refractivity contribution in [1.29, 1.82) is 0 Å². The van der Waals surface area contributed by atoms with Gasteiger partial charge in [0.1, 0.15) is 0 Å². The number of hydrogen-bond donors (Lipinski definition) is 3. The Morgan fingerprint density at radius 1 is 1.35 bits per heavy atom. The van der Waals surface area contributed by atoms with Gasteiger partial charge in [0.05, 0.1) is 0 Å². The molecule has 1 amide bonds. The fraction of sp³-hybridized carbons (Fsp3) is 0.474. The summed E-state index contributed by atoms with van der Waals surface area (Å²) in [6.07, 6.45) is 2.58. The van der Waals surface area contributed by atoms with E-state index in [1.165, 1.54) is 0 Å². The molecule has 1 aromatic carbocycles. The lowest BCUT2D eigenvalue weighted by Gasteiger charge is -2.38. The molecular weight excluding hydrogens is 352 g/mol. The number of H-pyrrole nitrogens is 1. The van der Waals surface area contributed by atoms with Crippen LogP contribution in [-0.4, -0.2) is 42.4 Å². The number of nitrogens with zero attached hydrogens (tertiary/aromatic N) is 1. The van der Waals surface area contributed by atoms with Crippen molar-refractivity contribution in [3.8, 4) is 0 Å². The normalized spacial score (nSPS) is 19.0. The molecule has 3 N–H and O–H groups in total. The number of amides is 1. The third-order valence-electron chi connectivity index (χ3n) is 5.50. The van der Waals surface area contributed by atoms with Gasteiger partial charge in [0.2, 0.25) is 0 Å². The van der Waals surface area contributed by atoms with Crippen molar-refractivity contribution in [2.75, 3.05) is 26.3 Å². The third-order valence-corrected chi connectivity index (χ3v) is 5.73. The largest absolute Gasteiger partial charge is 0.381 e. The molecule has 2 aliphatic heterocycles. The number of ether oxygens (including phenoxy) is 1. The van der Waals surface area contributed by atoms with E-state index in [4.69, 9.17) is 16.3 Å². The van der Waals surface area contributed by atoms with Crippen molar-refractivity contribution in [2.45, 2.75) is 31.2 Å².